The minimum absolute atomic E-state index is 0.717. The van der Waals surface area contributed by atoms with Crippen molar-refractivity contribution < 1.29 is 0 Å². The van der Waals surface area contributed by atoms with Gasteiger partial charge in [0.1, 0.15) is 0 Å². The third-order valence-corrected chi connectivity index (χ3v) is 3.36. The first-order chi connectivity index (χ1) is 11.7. The lowest BCUT2D eigenvalue weighted by Crippen LogP contribution is -2.10. The molecule has 0 aliphatic carbocycles. The number of anilines is 6. The summed E-state index contributed by atoms with van der Waals surface area (Å²) in [6.07, 6.45) is 0. The summed E-state index contributed by atoms with van der Waals surface area (Å²) in [7, 11) is 0. The fourth-order valence-corrected chi connectivity index (χ4v) is 2.16. The molecule has 0 radical (unpaired) electrons. The molecule has 3 aromatic carbocycles. The Labute approximate surface area is 140 Å². The first kappa shape index (κ1) is 15.4. The number of nitrogens with one attached hydrogen (secondary N) is 4. The fraction of sp³-hybridized carbons (Fsp3) is 0. The summed E-state index contributed by atoms with van der Waals surface area (Å²) in [5, 5.41) is 0. The largest absolute Gasteiger partial charge is 0.399 e. The average Bonchev–Trinajstić information content (AvgIpc) is 2.59. The van der Waals surface area contributed by atoms with Crippen molar-refractivity contribution in [2.24, 2.45) is 0 Å². The molecule has 3 aromatic rings. The van der Waals surface area contributed by atoms with Crippen molar-refractivity contribution in [3.8, 4) is 0 Å². The van der Waals surface area contributed by atoms with Crippen LogP contribution < -0.4 is 33.2 Å². The highest BCUT2D eigenvalue weighted by atomic mass is 15.4. The number of benzene rings is 3. The van der Waals surface area contributed by atoms with E-state index in [0.717, 1.165) is 22.7 Å². The van der Waals surface area contributed by atoms with Gasteiger partial charge in [0.2, 0.25) is 0 Å². The Kier molecular flexibility index (Phi) is 4.57. The summed E-state index contributed by atoms with van der Waals surface area (Å²) in [5.74, 6) is 0. The van der Waals surface area contributed by atoms with Crippen LogP contribution in [0.1, 0.15) is 0 Å². The second-order valence-electron chi connectivity index (χ2n) is 5.33. The van der Waals surface area contributed by atoms with E-state index in [4.69, 9.17) is 11.5 Å². The number of nitrogen functional groups attached to an aromatic ring is 2. The van der Waals surface area contributed by atoms with E-state index in [2.05, 4.69) is 21.7 Å². The van der Waals surface area contributed by atoms with E-state index in [9.17, 15) is 0 Å². The smallest absolute Gasteiger partial charge is 0.0560 e. The van der Waals surface area contributed by atoms with Crippen molar-refractivity contribution in [1.82, 2.24) is 0 Å². The van der Waals surface area contributed by atoms with Crippen LogP contribution in [0.25, 0.3) is 0 Å². The van der Waals surface area contributed by atoms with Gasteiger partial charge in [-0.1, -0.05) is 12.1 Å². The molecule has 8 N–H and O–H groups in total. The van der Waals surface area contributed by atoms with E-state index in [-0.39, 0.29) is 0 Å². The Balaban J connectivity index is 1.53. The Bertz CT molecular complexity index is 732. The van der Waals surface area contributed by atoms with Crippen molar-refractivity contribution in [3.05, 3.63) is 72.8 Å². The molecule has 0 aliphatic heterocycles. The molecule has 0 aliphatic rings. The standard InChI is InChI=1S/C18H20N6/c19-13-3-1-5-17(11-13)23-21-15-7-9-16(10-8-15)22-24-18-6-2-4-14(20)12-18/h1-12,21-24H,19-20H2. The van der Waals surface area contributed by atoms with Gasteiger partial charge in [-0.25, -0.2) is 0 Å². The van der Waals surface area contributed by atoms with Gasteiger partial charge in [0.15, 0.2) is 0 Å². The second-order valence-corrected chi connectivity index (χ2v) is 5.33. The third-order valence-electron chi connectivity index (χ3n) is 3.36. The van der Waals surface area contributed by atoms with Gasteiger partial charge in [-0.15, -0.1) is 0 Å². The van der Waals surface area contributed by atoms with E-state index >= 15 is 0 Å². The highest BCUT2D eigenvalue weighted by molar-refractivity contribution is 5.62. The molecule has 0 amide bonds. The van der Waals surface area contributed by atoms with Crippen molar-refractivity contribution in [2.75, 3.05) is 33.2 Å². The molecule has 3 rings (SSSR count). The van der Waals surface area contributed by atoms with E-state index in [1.54, 1.807) is 0 Å². The molecule has 0 unspecified atom stereocenters. The molecule has 0 saturated heterocycles. The van der Waals surface area contributed by atoms with E-state index < -0.39 is 0 Å². The summed E-state index contributed by atoms with van der Waals surface area (Å²) >= 11 is 0. The van der Waals surface area contributed by atoms with Crippen LogP contribution in [0.5, 0.6) is 0 Å². The molecule has 0 fully saturated rings. The second kappa shape index (κ2) is 7.15. The van der Waals surface area contributed by atoms with Gasteiger partial charge >= 0.3 is 0 Å². The van der Waals surface area contributed by atoms with E-state index in [1.165, 1.54) is 0 Å². The number of hydrogen-bond acceptors (Lipinski definition) is 6. The van der Waals surface area contributed by atoms with Gasteiger partial charge in [-0.05, 0) is 60.7 Å². The normalized spacial score (nSPS) is 10.0. The first-order valence-electron chi connectivity index (χ1n) is 7.54. The van der Waals surface area contributed by atoms with Crippen molar-refractivity contribution in [1.29, 1.82) is 0 Å². The summed E-state index contributed by atoms with van der Waals surface area (Å²) < 4.78 is 0. The Morgan fingerprint density at radius 2 is 0.833 bits per heavy atom. The minimum Gasteiger partial charge on any atom is -0.399 e. The van der Waals surface area contributed by atoms with Crippen LogP contribution in [-0.4, -0.2) is 0 Å². The zero-order valence-electron chi connectivity index (χ0n) is 13.1. The van der Waals surface area contributed by atoms with Gasteiger partial charge in [0.05, 0.1) is 22.7 Å². The third kappa shape index (κ3) is 4.23. The SMILES string of the molecule is Nc1cccc(NNc2ccc(NNc3cccc(N)c3)cc2)c1. The molecule has 0 atom stereocenters. The van der Waals surface area contributed by atoms with Gasteiger partial charge in [-0.3, -0.25) is 0 Å². The number of hydrogen-bond donors (Lipinski definition) is 6. The number of nitrogens with two attached hydrogens (primary N) is 2. The quantitative estimate of drug-likeness (QED) is 0.306. The molecule has 0 heterocycles. The zero-order chi connectivity index (χ0) is 16.8. The molecule has 24 heavy (non-hydrogen) atoms. The molecule has 0 aromatic heterocycles. The lowest BCUT2D eigenvalue weighted by molar-refractivity contribution is 1.39. The van der Waals surface area contributed by atoms with Crippen molar-refractivity contribution in [3.63, 3.8) is 0 Å². The molecule has 6 nitrogen and oxygen atoms in total. The first-order valence-corrected chi connectivity index (χ1v) is 7.54. The van der Waals surface area contributed by atoms with Crippen LogP contribution in [0.3, 0.4) is 0 Å². The summed E-state index contributed by atoms with van der Waals surface area (Å²) in [5.41, 5.74) is 29.1. The Morgan fingerprint density at radius 3 is 1.21 bits per heavy atom. The van der Waals surface area contributed by atoms with Crippen LogP contribution in [-0.2, 0) is 0 Å². The average molecular weight is 320 g/mol. The van der Waals surface area contributed by atoms with Crippen LogP contribution in [0.4, 0.5) is 34.1 Å². The molecular weight excluding hydrogens is 300 g/mol. The fourth-order valence-electron chi connectivity index (χ4n) is 2.16. The van der Waals surface area contributed by atoms with Crippen molar-refractivity contribution >= 4 is 34.1 Å². The van der Waals surface area contributed by atoms with Gasteiger partial charge in [-0.2, -0.15) is 0 Å². The lowest BCUT2D eigenvalue weighted by Gasteiger charge is -2.13. The highest BCUT2D eigenvalue weighted by Crippen LogP contribution is 2.17. The molecule has 0 saturated carbocycles. The van der Waals surface area contributed by atoms with E-state index in [0.29, 0.717) is 11.4 Å². The summed E-state index contributed by atoms with van der Waals surface area (Å²) in [6, 6.07) is 22.9. The van der Waals surface area contributed by atoms with Gasteiger partial charge < -0.3 is 33.2 Å². The van der Waals surface area contributed by atoms with Crippen LogP contribution in [0, 0.1) is 0 Å². The Morgan fingerprint density at radius 1 is 0.458 bits per heavy atom. The molecular formula is C18H20N6. The topological polar surface area (TPSA) is 100 Å². The van der Waals surface area contributed by atoms with Crippen molar-refractivity contribution in [2.45, 2.75) is 0 Å². The van der Waals surface area contributed by atoms with Gasteiger partial charge in [0, 0.05) is 11.4 Å². The van der Waals surface area contributed by atoms with E-state index in [1.807, 2.05) is 72.8 Å². The van der Waals surface area contributed by atoms with Crippen LogP contribution >= 0.6 is 0 Å². The molecule has 6 heteroatoms. The number of hydrazine groups is 2. The predicted octanol–water partition coefficient (Wildman–Crippen LogP) is 3.73. The van der Waals surface area contributed by atoms with Crippen LogP contribution in [0.15, 0.2) is 72.8 Å². The maximum absolute atomic E-state index is 5.75. The monoisotopic (exact) mass is 320 g/mol. The summed E-state index contributed by atoms with van der Waals surface area (Å²) in [4.78, 5) is 0. The molecule has 0 spiro atoms. The maximum Gasteiger partial charge on any atom is 0.0560 e. The minimum atomic E-state index is 0.717. The molecule has 122 valence electrons. The van der Waals surface area contributed by atoms with Gasteiger partial charge in [0.25, 0.3) is 0 Å². The predicted molar refractivity (Wildman–Crippen MR) is 103 cm³/mol. The number of rotatable bonds is 6. The highest BCUT2D eigenvalue weighted by Gasteiger charge is 1.96. The Hall–Kier alpha value is -3.54. The summed E-state index contributed by atoms with van der Waals surface area (Å²) in [6.45, 7) is 0. The zero-order valence-corrected chi connectivity index (χ0v) is 13.1. The van der Waals surface area contributed by atoms with Crippen LogP contribution in [0.2, 0.25) is 0 Å². The maximum atomic E-state index is 5.75. The lowest BCUT2D eigenvalue weighted by atomic mass is 10.3. The molecule has 0 bridgehead atoms.